The van der Waals surface area contributed by atoms with Crippen LogP contribution < -0.4 is 5.32 Å². The number of nitrogens with one attached hydrogen (secondary N) is 1. The summed E-state index contributed by atoms with van der Waals surface area (Å²) in [4.78, 5) is 28.0. The number of pyridine rings is 1. The van der Waals surface area contributed by atoms with Crippen molar-refractivity contribution in [1.82, 2.24) is 25.2 Å². The Morgan fingerprint density at radius 3 is 2.62 bits per heavy atom. The molecule has 1 amide bonds. The predicted molar refractivity (Wildman–Crippen MR) is 152 cm³/mol. The van der Waals surface area contributed by atoms with Gasteiger partial charge < -0.3 is 5.32 Å². The van der Waals surface area contributed by atoms with Gasteiger partial charge in [-0.05, 0) is 49.3 Å². The standard InChI is InChI=1S/C30H33N5OS/c1-21(36)31-15-17-35-16-7-6-10-26(35)18-22-11-13-24(14-12-22)28-27(23-8-4-3-5-9-23)19-25-20-32-30(37-2)34-29(25)33-28/h3-5,8-9,11-14,19-20,26H,6-7,10,15-18H2,1-2H3,(H,31,36). The molecule has 1 unspecified atom stereocenters. The van der Waals surface area contributed by atoms with Crippen LogP contribution in [0, 0.1) is 0 Å². The maximum Gasteiger partial charge on any atom is 0.216 e. The predicted octanol–water partition coefficient (Wildman–Crippen LogP) is 5.61. The average Bonchev–Trinajstić information content (AvgIpc) is 2.93. The third-order valence-corrected chi connectivity index (χ3v) is 7.60. The molecule has 1 saturated heterocycles. The van der Waals surface area contributed by atoms with E-state index in [2.05, 4.69) is 74.8 Å². The molecule has 5 rings (SSSR count). The molecule has 0 aliphatic carbocycles. The van der Waals surface area contributed by atoms with Gasteiger partial charge in [-0.2, -0.15) is 0 Å². The van der Waals surface area contributed by atoms with Crippen molar-refractivity contribution < 1.29 is 4.79 Å². The minimum Gasteiger partial charge on any atom is -0.355 e. The van der Waals surface area contributed by atoms with Crippen LogP contribution in [0.4, 0.5) is 0 Å². The summed E-state index contributed by atoms with van der Waals surface area (Å²) in [6, 6.07) is 21.9. The van der Waals surface area contributed by atoms with Crippen LogP contribution in [0.25, 0.3) is 33.4 Å². The molecule has 1 aliphatic rings. The number of likely N-dealkylation sites (tertiary alicyclic amines) is 1. The second-order valence-corrected chi connectivity index (χ2v) is 10.4. The molecule has 0 radical (unpaired) electrons. The molecule has 37 heavy (non-hydrogen) atoms. The van der Waals surface area contributed by atoms with Crippen molar-refractivity contribution in [2.75, 3.05) is 25.9 Å². The summed E-state index contributed by atoms with van der Waals surface area (Å²) in [6.07, 6.45) is 8.55. The molecular formula is C30H33N5OS. The van der Waals surface area contributed by atoms with E-state index >= 15 is 0 Å². The van der Waals surface area contributed by atoms with Gasteiger partial charge in [-0.1, -0.05) is 72.8 Å². The lowest BCUT2D eigenvalue weighted by molar-refractivity contribution is -0.119. The van der Waals surface area contributed by atoms with E-state index in [9.17, 15) is 4.79 Å². The molecule has 1 fully saturated rings. The molecule has 4 aromatic rings. The minimum atomic E-state index is 0.0393. The van der Waals surface area contributed by atoms with Gasteiger partial charge in [-0.3, -0.25) is 9.69 Å². The Balaban J connectivity index is 1.42. The van der Waals surface area contributed by atoms with Crippen molar-refractivity contribution in [3.05, 3.63) is 72.4 Å². The van der Waals surface area contributed by atoms with Crippen molar-refractivity contribution in [2.24, 2.45) is 0 Å². The summed E-state index contributed by atoms with van der Waals surface area (Å²) in [5.74, 6) is 0.0393. The fraction of sp³-hybridized carbons (Fsp3) is 0.333. The Morgan fingerprint density at radius 1 is 1.05 bits per heavy atom. The van der Waals surface area contributed by atoms with Gasteiger partial charge in [0.05, 0.1) is 5.69 Å². The number of hydrogen-bond acceptors (Lipinski definition) is 6. The normalized spacial score (nSPS) is 16.1. The molecule has 190 valence electrons. The van der Waals surface area contributed by atoms with E-state index in [1.165, 1.54) is 36.6 Å². The Kier molecular flexibility index (Phi) is 8.12. The van der Waals surface area contributed by atoms with Crippen molar-refractivity contribution in [3.63, 3.8) is 0 Å². The zero-order valence-corrected chi connectivity index (χ0v) is 22.3. The summed E-state index contributed by atoms with van der Waals surface area (Å²) >= 11 is 1.52. The molecule has 1 aliphatic heterocycles. The van der Waals surface area contributed by atoms with Crippen LogP contribution in [0.15, 0.2) is 72.0 Å². The molecule has 2 aromatic carbocycles. The van der Waals surface area contributed by atoms with Crippen LogP contribution in [0.3, 0.4) is 0 Å². The zero-order chi connectivity index (χ0) is 25.6. The number of fused-ring (bicyclic) bond motifs is 1. The second-order valence-electron chi connectivity index (χ2n) is 9.59. The second kappa shape index (κ2) is 11.8. The Labute approximate surface area is 222 Å². The lowest BCUT2D eigenvalue weighted by atomic mass is 9.93. The maximum atomic E-state index is 11.3. The Morgan fingerprint density at radius 2 is 1.86 bits per heavy atom. The number of carbonyl (C=O) groups is 1. The summed E-state index contributed by atoms with van der Waals surface area (Å²) < 4.78 is 0. The molecular weight excluding hydrogens is 478 g/mol. The van der Waals surface area contributed by atoms with Gasteiger partial charge >= 0.3 is 0 Å². The van der Waals surface area contributed by atoms with Gasteiger partial charge in [0.1, 0.15) is 0 Å². The third kappa shape index (κ3) is 6.17. The summed E-state index contributed by atoms with van der Waals surface area (Å²) in [7, 11) is 0. The Bertz CT molecular complexity index is 1360. The third-order valence-electron chi connectivity index (χ3n) is 7.03. The summed E-state index contributed by atoms with van der Waals surface area (Å²) in [5.41, 5.74) is 6.27. The maximum absolute atomic E-state index is 11.3. The first kappa shape index (κ1) is 25.4. The minimum absolute atomic E-state index is 0.0393. The lowest BCUT2D eigenvalue weighted by Crippen LogP contribution is -2.44. The van der Waals surface area contributed by atoms with E-state index in [0.29, 0.717) is 12.6 Å². The van der Waals surface area contributed by atoms with E-state index in [1.54, 1.807) is 6.92 Å². The Hall–Kier alpha value is -3.29. The molecule has 2 aromatic heterocycles. The van der Waals surface area contributed by atoms with Crippen LogP contribution in [-0.4, -0.2) is 57.7 Å². The number of benzene rings is 2. The SMILES string of the molecule is CSc1ncc2cc(-c3ccccc3)c(-c3ccc(CC4CCCCN4CCNC(C)=O)cc3)nc2n1. The topological polar surface area (TPSA) is 71.0 Å². The van der Waals surface area contributed by atoms with Gasteiger partial charge in [-0.25, -0.2) is 15.0 Å². The largest absolute Gasteiger partial charge is 0.355 e. The van der Waals surface area contributed by atoms with E-state index in [-0.39, 0.29) is 5.91 Å². The molecule has 1 N–H and O–H groups in total. The highest BCUT2D eigenvalue weighted by Gasteiger charge is 2.22. The van der Waals surface area contributed by atoms with E-state index in [0.717, 1.165) is 58.1 Å². The fourth-order valence-corrected chi connectivity index (χ4v) is 5.47. The quantitative estimate of drug-likeness (QED) is 0.245. The van der Waals surface area contributed by atoms with Crippen LogP contribution in [0.1, 0.15) is 31.7 Å². The van der Waals surface area contributed by atoms with Gasteiger partial charge in [0, 0.05) is 48.8 Å². The first-order chi connectivity index (χ1) is 18.1. The van der Waals surface area contributed by atoms with Gasteiger partial charge in [0.25, 0.3) is 0 Å². The zero-order valence-electron chi connectivity index (χ0n) is 21.5. The number of amides is 1. The fourth-order valence-electron chi connectivity index (χ4n) is 5.14. The first-order valence-corrected chi connectivity index (χ1v) is 14.2. The summed E-state index contributed by atoms with van der Waals surface area (Å²) in [5, 5.41) is 4.61. The molecule has 6 nitrogen and oxygen atoms in total. The average molecular weight is 512 g/mol. The lowest BCUT2D eigenvalue weighted by Gasteiger charge is -2.36. The molecule has 1 atom stereocenters. The highest BCUT2D eigenvalue weighted by molar-refractivity contribution is 7.98. The number of aromatic nitrogens is 3. The van der Waals surface area contributed by atoms with Gasteiger partial charge in [-0.15, -0.1) is 0 Å². The molecule has 0 bridgehead atoms. The monoisotopic (exact) mass is 511 g/mol. The van der Waals surface area contributed by atoms with Crippen molar-refractivity contribution in [3.8, 4) is 22.4 Å². The van der Waals surface area contributed by atoms with Gasteiger partial charge in [0.15, 0.2) is 10.8 Å². The highest BCUT2D eigenvalue weighted by Crippen LogP contribution is 2.33. The number of hydrogen-bond donors (Lipinski definition) is 1. The number of rotatable bonds is 8. The van der Waals surface area contributed by atoms with Crippen molar-refractivity contribution in [1.29, 1.82) is 0 Å². The molecule has 0 spiro atoms. The van der Waals surface area contributed by atoms with Crippen LogP contribution in [-0.2, 0) is 11.2 Å². The van der Waals surface area contributed by atoms with Gasteiger partial charge in [0.2, 0.25) is 5.91 Å². The first-order valence-electron chi connectivity index (χ1n) is 13.0. The van der Waals surface area contributed by atoms with E-state index in [4.69, 9.17) is 4.98 Å². The smallest absolute Gasteiger partial charge is 0.216 e. The highest BCUT2D eigenvalue weighted by atomic mass is 32.2. The van der Waals surface area contributed by atoms with Crippen LogP contribution >= 0.6 is 11.8 Å². The van der Waals surface area contributed by atoms with Crippen LogP contribution in [0.5, 0.6) is 0 Å². The number of carbonyl (C=O) groups excluding carboxylic acids is 1. The molecule has 0 saturated carbocycles. The molecule has 7 heteroatoms. The van der Waals surface area contributed by atoms with Crippen molar-refractivity contribution >= 4 is 28.7 Å². The van der Waals surface area contributed by atoms with E-state index in [1.807, 2.05) is 18.5 Å². The number of nitrogens with zero attached hydrogens (tertiary/aromatic N) is 4. The number of thioether (sulfide) groups is 1. The number of piperidine rings is 1. The summed E-state index contributed by atoms with van der Waals surface area (Å²) in [6.45, 7) is 4.30. The van der Waals surface area contributed by atoms with E-state index < -0.39 is 0 Å². The molecule has 3 heterocycles. The van der Waals surface area contributed by atoms with Crippen molar-refractivity contribution in [2.45, 2.75) is 43.8 Å². The van der Waals surface area contributed by atoms with Crippen LogP contribution in [0.2, 0.25) is 0 Å².